The van der Waals surface area contributed by atoms with Crippen LogP contribution >= 0.6 is 0 Å². The molecule has 2 heteroatoms. The highest BCUT2D eigenvalue weighted by atomic mass is 16.1. The van der Waals surface area contributed by atoms with Crippen molar-refractivity contribution in [2.45, 2.75) is 6.92 Å². The van der Waals surface area contributed by atoms with Crippen molar-refractivity contribution < 1.29 is 4.79 Å². The molecule has 0 fully saturated rings. The van der Waals surface area contributed by atoms with E-state index in [-0.39, 0.29) is 17.3 Å². The quantitative estimate of drug-likeness (QED) is 0.498. The van der Waals surface area contributed by atoms with E-state index in [0.29, 0.717) is 0 Å². The summed E-state index contributed by atoms with van der Waals surface area (Å²) in [6.45, 7) is 1.93. The Kier molecular flexibility index (Phi) is 1.68. The van der Waals surface area contributed by atoms with E-state index in [0.717, 1.165) is 0 Å². The van der Waals surface area contributed by atoms with Gasteiger partial charge in [-0.1, -0.05) is 19.1 Å². The van der Waals surface area contributed by atoms with Crippen molar-refractivity contribution in [3.63, 3.8) is 0 Å². The summed E-state index contributed by atoms with van der Waals surface area (Å²) in [7, 11) is 0. The molecule has 0 amide bonds. The highest BCUT2D eigenvalue weighted by molar-refractivity contribution is 6.07. The lowest BCUT2D eigenvalue weighted by Crippen LogP contribution is -2.03. The maximum absolute atomic E-state index is 10.8. The third-order valence-corrected chi connectivity index (χ3v) is 1.37. The number of hydrogen-bond acceptors (Lipinski definition) is 2. The molecule has 0 saturated carbocycles. The molecule has 0 aromatic rings. The van der Waals surface area contributed by atoms with Gasteiger partial charge in [-0.25, -0.2) is 0 Å². The predicted molar refractivity (Wildman–Crippen MR) is 37.0 cm³/mol. The molecule has 0 aliphatic heterocycles. The van der Waals surface area contributed by atoms with E-state index in [1.165, 1.54) is 6.08 Å². The van der Waals surface area contributed by atoms with E-state index in [1.807, 2.05) is 13.0 Å². The topological polar surface area (TPSA) is 40.9 Å². The molecule has 0 spiro atoms. The zero-order valence-electron chi connectivity index (χ0n) is 5.66. The summed E-state index contributed by atoms with van der Waals surface area (Å²) in [5, 5.41) is 8.41. The van der Waals surface area contributed by atoms with E-state index in [4.69, 9.17) is 5.26 Å². The Hall–Kier alpha value is -1.36. The SMILES string of the molecule is CC1C=CC(=O)C(C#N)=C1. The first-order valence-corrected chi connectivity index (χ1v) is 3.08. The summed E-state index contributed by atoms with van der Waals surface area (Å²) in [5.74, 6) is 0.0351. The number of hydrogen-bond donors (Lipinski definition) is 0. The Balaban J connectivity index is 2.92. The summed E-state index contributed by atoms with van der Waals surface area (Å²) in [4.78, 5) is 10.8. The number of rotatable bonds is 0. The molecule has 1 atom stereocenters. The minimum atomic E-state index is -0.180. The smallest absolute Gasteiger partial charge is 0.195 e. The number of carbonyl (C=O) groups is 1. The van der Waals surface area contributed by atoms with E-state index < -0.39 is 0 Å². The highest BCUT2D eigenvalue weighted by Gasteiger charge is 2.10. The fourth-order valence-electron chi connectivity index (χ4n) is 0.822. The fraction of sp³-hybridized carbons (Fsp3) is 0.250. The van der Waals surface area contributed by atoms with Crippen LogP contribution in [0.4, 0.5) is 0 Å². The summed E-state index contributed by atoms with van der Waals surface area (Å²) in [6.07, 6.45) is 4.90. The lowest BCUT2D eigenvalue weighted by atomic mass is 9.99. The van der Waals surface area contributed by atoms with Crippen molar-refractivity contribution in [1.82, 2.24) is 0 Å². The largest absolute Gasteiger partial charge is 0.289 e. The van der Waals surface area contributed by atoms with Crippen LogP contribution in [0.1, 0.15) is 6.92 Å². The second-order valence-electron chi connectivity index (χ2n) is 2.27. The van der Waals surface area contributed by atoms with Crippen LogP contribution in [0, 0.1) is 17.2 Å². The molecule has 1 aliphatic carbocycles. The lowest BCUT2D eigenvalue weighted by molar-refractivity contribution is -0.111. The van der Waals surface area contributed by atoms with E-state index in [1.54, 1.807) is 12.2 Å². The van der Waals surface area contributed by atoms with Crippen LogP contribution in [0.2, 0.25) is 0 Å². The number of allylic oxidation sites excluding steroid dienone is 4. The zero-order valence-corrected chi connectivity index (χ0v) is 5.66. The lowest BCUT2D eigenvalue weighted by Gasteiger charge is -2.03. The van der Waals surface area contributed by atoms with Gasteiger partial charge in [0.1, 0.15) is 6.07 Å². The van der Waals surface area contributed by atoms with Crippen LogP contribution in [0.5, 0.6) is 0 Å². The summed E-state index contributed by atoms with van der Waals surface area (Å²) in [6, 6.07) is 1.84. The van der Waals surface area contributed by atoms with Crippen molar-refractivity contribution in [1.29, 1.82) is 5.26 Å². The van der Waals surface area contributed by atoms with E-state index in [2.05, 4.69) is 0 Å². The summed E-state index contributed by atoms with van der Waals surface area (Å²) in [5.41, 5.74) is 0.259. The van der Waals surface area contributed by atoms with Crippen molar-refractivity contribution in [3.05, 3.63) is 23.8 Å². The van der Waals surface area contributed by atoms with Gasteiger partial charge in [0.15, 0.2) is 5.78 Å². The molecule has 50 valence electrons. The van der Waals surface area contributed by atoms with Crippen LogP contribution in [-0.4, -0.2) is 5.78 Å². The Bertz CT molecular complexity index is 255. The Morgan fingerprint density at radius 2 is 2.40 bits per heavy atom. The van der Waals surface area contributed by atoms with Gasteiger partial charge < -0.3 is 0 Å². The molecule has 0 radical (unpaired) electrons. The van der Waals surface area contributed by atoms with Crippen molar-refractivity contribution >= 4 is 5.78 Å². The standard InChI is InChI=1S/C8H7NO/c1-6-2-3-8(10)7(4-6)5-9/h2-4,6H,1H3. The Labute approximate surface area is 59.5 Å². The summed E-state index contributed by atoms with van der Waals surface area (Å²) < 4.78 is 0. The first-order valence-electron chi connectivity index (χ1n) is 3.08. The maximum Gasteiger partial charge on any atom is 0.195 e. The fourth-order valence-corrected chi connectivity index (χ4v) is 0.822. The van der Waals surface area contributed by atoms with Crippen LogP contribution in [0.15, 0.2) is 23.8 Å². The molecule has 1 aliphatic rings. The van der Waals surface area contributed by atoms with Crippen LogP contribution in [-0.2, 0) is 4.79 Å². The van der Waals surface area contributed by atoms with Crippen LogP contribution in [0.25, 0.3) is 0 Å². The van der Waals surface area contributed by atoms with Gasteiger partial charge in [0.05, 0.1) is 5.57 Å². The van der Waals surface area contributed by atoms with Crippen molar-refractivity contribution in [3.8, 4) is 6.07 Å². The summed E-state index contributed by atoms with van der Waals surface area (Å²) >= 11 is 0. The average Bonchev–Trinajstić information content (AvgIpc) is 1.94. The average molecular weight is 133 g/mol. The molecule has 0 saturated heterocycles. The number of carbonyl (C=O) groups excluding carboxylic acids is 1. The van der Waals surface area contributed by atoms with Gasteiger partial charge in [0, 0.05) is 0 Å². The molecule has 10 heavy (non-hydrogen) atoms. The van der Waals surface area contributed by atoms with Crippen LogP contribution in [0.3, 0.4) is 0 Å². The van der Waals surface area contributed by atoms with Gasteiger partial charge in [-0.05, 0) is 12.0 Å². The third kappa shape index (κ3) is 1.14. The second-order valence-corrected chi connectivity index (χ2v) is 2.27. The van der Waals surface area contributed by atoms with Crippen LogP contribution < -0.4 is 0 Å². The molecule has 0 aromatic heterocycles. The molecule has 1 unspecified atom stereocenters. The van der Waals surface area contributed by atoms with Gasteiger partial charge in [-0.3, -0.25) is 4.79 Å². The first kappa shape index (κ1) is 6.76. The number of nitrogens with zero attached hydrogens (tertiary/aromatic N) is 1. The molecule has 0 heterocycles. The number of ketones is 1. The maximum atomic E-state index is 10.8. The van der Waals surface area contributed by atoms with E-state index >= 15 is 0 Å². The van der Waals surface area contributed by atoms with Gasteiger partial charge in [-0.15, -0.1) is 0 Å². The third-order valence-electron chi connectivity index (χ3n) is 1.37. The Morgan fingerprint density at radius 3 is 2.90 bits per heavy atom. The van der Waals surface area contributed by atoms with Gasteiger partial charge in [-0.2, -0.15) is 5.26 Å². The van der Waals surface area contributed by atoms with E-state index in [9.17, 15) is 4.79 Å². The molecule has 2 nitrogen and oxygen atoms in total. The predicted octanol–water partition coefficient (Wildman–Crippen LogP) is 1.21. The van der Waals surface area contributed by atoms with Crippen molar-refractivity contribution in [2.24, 2.45) is 5.92 Å². The Morgan fingerprint density at radius 1 is 1.70 bits per heavy atom. The van der Waals surface area contributed by atoms with Gasteiger partial charge >= 0.3 is 0 Å². The highest BCUT2D eigenvalue weighted by Crippen LogP contribution is 2.11. The normalized spacial score (nSPS) is 23.8. The zero-order chi connectivity index (χ0) is 7.56. The first-order chi connectivity index (χ1) is 4.74. The second kappa shape index (κ2) is 2.49. The molecule has 1 rings (SSSR count). The van der Waals surface area contributed by atoms with Crippen molar-refractivity contribution in [2.75, 3.05) is 0 Å². The molecule has 0 bridgehead atoms. The molecular weight excluding hydrogens is 126 g/mol. The minimum Gasteiger partial charge on any atom is -0.289 e. The van der Waals surface area contributed by atoms with Gasteiger partial charge in [0.2, 0.25) is 0 Å². The molecular formula is C8H7NO. The van der Waals surface area contributed by atoms with Gasteiger partial charge in [0.25, 0.3) is 0 Å². The minimum absolute atomic E-state index is 0.180. The molecule has 0 N–H and O–H groups in total. The molecule has 0 aromatic carbocycles. The number of nitriles is 1. The monoisotopic (exact) mass is 133 g/mol.